The van der Waals surface area contributed by atoms with E-state index >= 15 is 0 Å². The van der Waals surface area contributed by atoms with Crippen molar-refractivity contribution in [2.45, 2.75) is 69.6 Å². The first kappa shape index (κ1) is 13.9. The van der Waals surface area contributed by atoms with Crippen molar-refractivity contribution < 1.29 is 19.4 Å². The van der Waals surface area contributed by atoms with Crippen molar-refractivity contribution in [1.29, 1.82) is 0 Å². The summed E-state index contributed by atoms with van der Waals surface area (Å²) in [6, 6.07) is 0.373. The number of rotatable bonds is 2. The fourth-order valence-corrected chi connectivity index (χ4v) is 4.08. The normalized spacial score (nSPS) is 37.5. The highest BCUT2D eigenvalue weighted by Crippen LogP contribution is 2.36. The zero-order valence-corrected chi connectivity index (χ0v) is 11.8. The third kappa shape index (κ3) is 2.55. The Balaban J connectivity index is 1.65. The number of carboxylic acids is 1. The molecule has 1 amide bonds. The molecule has 0 aromatic rings. The highest BCUT2D eigenvalue weighted by Gasteiger charge is 2.41. The van der Waals surface area contributed by atoms with Crippen molar-refractivity contribution >= 4 is 11.9 Å². The molecule has 1 aliphatic carbocycles. The quantitative estimate of drug-likeness (QED) is 0.838. The summed E-state index contributed by atoms with van der Waals surface area (Å²) in [6.45, 7) is 0.817. The van der Waals surface area contributed by atoms with Gasteiger partial charge in [-0.25, -0.2) is 4.79 Å². The number of aliphatic carboxylic acids is 1. The summed E-state index contributed by atoms with van der Waals surface area (Å²) in [5.74, 6) is -0.266. The molecule has 20 heavy (non-hydrogen) atoms. The van der Waals surface area contributed by atoms with Gasteiger partial charge in [-0.05, 0) is 44.4 Å². The van der Waals surface area contributed by atoms with E-state index in [4.69, 9.17) is 9.84 Å². The third-order valence-corrected chi connectivity index (χ3v) is 5.10. The van der Waals surface area contributed by atoms with E-state index in [1.54, 1.807) is 0 Å². The van der Waals surface area contributed by atoms with Crippen LogP contribution in [0.25, 0.3) is 0 Å². The first-order chi connectivity index (χ1) is 9.66. The molecule has 5 nitrogen and oxygen atoms in total. The van der Waals surface area contributed by atoms with E-state index in [1.165, 1.54) is 25.7 Å². The zero-order valence-electron chi connectivity index (χ0n) is 11.8. The van der Waals surface area contributed by atoms with Gasteiger partial charge in [-0.1, -0.05) is 12.8 Å². The lowest BCUT2D eigenvalue weighted by Gasteiger charge is -2.44. The summed E-state index contributed by atoms with van der Waals surface area (Å²) in [4.78, 5) is 25.6. The molecule has 1 saturated carbocycles. The topological polar surface area (TPSA) is 66.8 Å². The second-order valence-corrected chi connectivity index (χ2v) is 6.31. The van der Waals surface area contributed by atoms with Crippen molar-refractivity contribution in [2.75, 3.05) is 6.54 Å². The first-order valence-corrected chi connectivity index (χ1v) is 7.85. The Morgan fingerprint density at radius 3 is 2.40 bits per heavy atom. The van der Waals surface area contributed by atoms with Gasteiger partial charge in [0.2, 0.25) is 0 Å². The Morgan fingerprint density at radius 2 is 1.65 bits per heavy atom. The SMILES string of the molecule is O=C(O)[C@H]1CC[C@@H](C(=O)N2CCCC3CCCCC32)O1. The van der Waals surface area contributed by atoms with Gasteiger partial charge < -0.3 is 14.7 Å². The van der Waals surface area contributed by atoms with Crippen LogP contribution in [0, 0.1) is 5.92 Å². The zero-order chi connectivity index (χ0) is 14.1. The van der Waals surface area contributed by atoms with Gasteiger partial charge in [0.1, 0.15) is 6.10 Å². The molecule has 0 aromatic heterocycles. The monoisotopic (exact) mass is 281 g/mol. The molecule has 0 bridgehead atoms. The molecule has 1 N–H and O–H groups in total. The molecule has 3 rings (SSSR count). The second-order valence-electron chi connectivity index (χ2n) is 6.31. The summed E-state index contributed by atoms with van der Waals surface area (Å²) in [6.07, 6.45) is 6.80. The van der Waals surface area contributed by atoms with Crippen molar-refractivity contribution in [2.24, 2.45) is 5.92 Å². The number of nitrogens with zero attached hydrogens (tertiary/aromatic N) is 1. The van der Waals surface area contributed by atoms with Crippen molar-refractivity contribution in [3.8, 4) is 0 Å². The van der Waals surface area contributed by atoms with E-state index < -0.39 is 18.2 Å². The van der Waals surface area contributed by atoms with Crippen LogP contribution in [0.15, 0.2) is 0 Å². The number of fused-ring (bicyclic) bond motifs is 1. The van der Waals surface area contributed by atoms with Gasteiger partial charge in [0.15, 0.2) is 6.10 Å². The van der Waals surface area contributed by atoms with Gasteiger partial charge in [-0.15, -0.1) is 0 Å². The molecule has 0 spiro atoms. The van der Waals surface area contributed by atoms with E-state index in [0.717, 1.165) is 19.4 Å². The Hall–Kier alpha value is -1.10. The van der Waals surface area contributed by atoms with Crippen LogP contribution in [0.4, 0.5) is 0 Å². The molecule has 2 unspecified atom stereocenters. The molecule has 3 fully saturated rings. The minimum atomic E-state index is -0.950. The van der Waals surface area contributed by atoms with Gasteiger partial charge in [0.05, 0.1) is 0 Å². The molecule has 0 radical (unpaired) electrons. The second kappa shape index (κ2) is 5.72. The lowest BCUT2D eigenvalue weighted by Crippen LogP contribution is -2.52. The highest BCUT2D eigenvalue weighted by atomic mass is 16.5. The number of ether oxygens (including phenoxy) is 1. The van der Waals surface area contributed by atoms with Gasteiger partial charge in [-0.2, -0.15) is 0 Å². The third-order valence-electron chi connectivity index (χ3n) is 5.10. The van der Waals surface area contributed by atoms with Gasteiger partial charge in [0, 0.05) is 12.6 Å². The molecular weight excluding hydrogens is 258 g/mol. The van der Waals surface area contributed by atoms with E-state index in [1.807, 2.05) is 4.90 Å². The van der Waals surface area contributed by atoms with E-state index in [2.05, 4.69) is 0 Å². The predicted octanol–water partition coefficient (Wildman–Crippen LogP) is 1.80. The van der Waals surface area contributed by atoms with Crippen LogP contribution >= 0.6 is 0 Å². The molecule has 3 aliphatic rings. The molecule has 112 valence electrons. The Morgan fingerprint density at radius 1 is 0.950 bits per heavy atom. The number of hydrogen-bond donors (Lipinski definition) is 1. The summed E-state index contributed by atoms with van der Waals surface area (Å²) in [5.41, 5.74) is 0. The van der Waals surface area contributed by atoms with Gasteiger partial charge >= 0.3 is 5.97 Å². The minimum absolute atomic E-state index is 0.0327. The number of likely N-dealkylation sites (tertiary alicyclic amines) is 1. The molecule has 2 aliphatic heterocycles. The Bertz CT molecular complexity index is 395. The average Bonchev–Trinajstić information content (AvgIpc) is 2.96. The number of carbonyl (C=O) groups is 2. The number of carbonyl (C=O) groups excluding carboxylic acids is 1. The van der Waals surface area contributed by atoms with Crippen molar-refractivity contribution in [3.05, 3.63) is 0 Å². The standard InChI is InChI=1S/C15H23NO4/c17-14(12-7-8-13(20-12)15(18)19)16-9-3-5-10-4-1-2-6-11(10)16/h10-13H,1-9H2,(H,18,19)/t10?,11?,12-,13+/m0/s1. The number of hydrogen-bond acceptors (Lipinski definition) is 3. The molecule has 2 heterocycles. The minimum Gasteiger partial charge on any atom is -0.479 e. The number of amides is 1. The maximum atomic E-state index is 12.6. The van der Waals surface area contributed by atoms with Crippen molar-refractivity contribution in [3.63, 3.8) is 0 Å². The van der Waals surface area contributed by atoms with Crippen LogP contribution in [0.1, 0.15) is 51.4 Å². The number of piperidine rings is 1. The summed E-state index contributed by atoms with van der Waals surface area (Å²) >= 11 is 0. The molecule has 5 heteroatoms. The van der Waals surface area contributed by atoms with Crippen LogP contribution in [-0.4, -0.2) is 46.7 Å². The number of carboxylic acid groups (broad SMARTS) is 1. The van der Waals surface area contributed by atoms with Gasteiger partial charge in [-0.3, -0.25) is 4.79 Å². The van der Waals surface area contributed by atoms with Crippen LogP contribution in [0.3, 0.4) is 0 Å². The summed E-state index contributed by atoms with van der Waals surface area (Å²) in [5, 5.41) is 8.96. The fraction of sp³-hybridized carbons (Fsp3) is 0.867. The lowest BCUT2D eigenvalue weighted by atomic mass is 9.78. The largest absolute Gasteiger partial charge is 0.479 e. The van der Waals surface area contributed by atoms with Crippen LogP contribution in [0.5, 0.6) is 0 Å². The average molecular weight is 281 g/mol. The Labute approximate surface area is 119 Å². The fourth-order valence-electron chi connectivity index (χ4n) is 4.08. The predicted molar refractivity (Wildman–Crippen MR) is 72.2 cm³/mol. The van der Waals surface area contributed by atoms with E-state index in [-0.39, 0.29) is 5.91 Å². The van der Waals surface area contributed by atoms with Crippen LogP contribution < -0.4 is 0 Å². The van der Waals surface area contributed by atoms with E-state index in [0.29, 0.717) is 24.8 Å². The highest BCUT2D eigenvalue weighted by molar-refractivity contribution is 5.83. The van der Waals surface area contributed by atoms with Crippen molar-refractivity contribution in [1.82, 2.24) is 4.90 Å². The summed E-state index contributed by atoms with van der Waals surface area (Å²) in [7, 11) is 0. The molecule has 2 saturated heterocycles. The smallest absolute Gasteiger partial charge is 0.332 e. The molecular formula is C15H23NO4. The summed E-state index contributed by atoms with van der Waals surface area (Å²) < 4.78 is 5.43. The van der Waals surface area contributed by atoms with Crippen LogP contribution in [0.2, 0.25) is 0 Å². The van der Waals surface area contributed by atoms with E-state index in [9.17, 15) is 9.59 Å². The van der Waals surface area contributed by atoms with Crippen LogP contribution in [-0.2, 0) is 14.3 Å². The molecule has 4 atom stereocenters. The lowest BCUT2D eigenvalue weighted by molar-refractivity contribution is -0.157. The maximum absolute atomic E-state index is 12.6. The Kier molecular flexibility index (Phi) is 3.96. The maximum Gasteiger partial charge on any atom is 0.332 e. The van der Waals surface area contributed by atoms with Gasteiger partial charge in [0.25, 0.3) is 5.91 Å². The molecule has 0 aromatic carbocycles. The first-order valence-electron chi connectivity index (χ1n) is 7.85.